The molecule has 4 heteroatoms. The van der Waals surface area contributed by atoms with Gasteiger partial charge in [0, 0.05) is 18.5 Å². The molecule has 1 aromatic rings. The van der Waals surface area contributed by atoms with Crippen LogP contribution >= 0.6 is 0 Å². The van der Waals surface area contributed by atoms with E-state index in [9.17, 15) is 13.6 Å². The Morgan fingerprint density at radius 1 is 1.50 bits per heavy atom. The molecular weight excluding hydrogens is 236 g/mol. The monoisotopic (exact) mass is 249 g/mol. The first kappa shape index (κ1) is 12.6. The number of aryl methyl sites for hydroxylation is 1. The van der Waals surface area contributed by atoms with Gasteiger partial charge in [-0.25, -0.2) is 8.78 Å². The van der Waals surface area contributed by atoms with Crippen molar-refractivity contribution >= 4 is 5.91 Å². The molecule has 18 heavy (non-hydrogen) atoms. The number of likely N-dealkylation sites (tertiary alicyclic amines) is 1. The van der Waals surface area contributed by atoms with E-state index in [-0.39, 0.29) is 13.0 Å². The van der Waals surface area contributed by atoms with Crippen LogP contribution in [0.25, 0.3) is 0 Å². The maximum Gasteiger partial charge on any atom is 0.267 e. The van der Waals surface area contributed by atoms with E-state index < -0.39 is 18.4 Å². The quantitative estimate of drug-likeness (QED) is 0.700. The largest absolute Gasteiger partial charge is 0.332 e. The lowest BCUT2D eigenvalue weighted by molar-refractivity contribution is 0.0120. The third-order valence-electron chi connectivity index (χ3n) is 3.10. The number of hydrogen-bond acceptors (Lipinski definition) is 1. The zero-order chi connectivity index (χ0) is 13.3. The van der Waals surface area contributed by atoms with Crippen molar-refractivity contribution in [1.82, 2.24) is 4.90 Å². The van der Waals surface area contributed by atoms with Gasteiger partial charge in [0.05, 0.1) is 12.1 Å². The summed E-state index contributed by atoms with van der Waals surface area (Å²) in [5.41, 5.74) is 1.61. The summed E-state index contributed by atoms with van der Waals surface area (Å²) in [4.78, 5) is 13.3. The number of carbonyl (C=O) groups excluding carboxylic acids is 1. The average molecular weight is 249 g/mol. The van der Waals surface area contributed by atoms with E-state index in [2.05, 4.69) is 5.92 Å². The molecule has 0 aliphatic carbocycles. The Hall–Kier alpha value is -1.89. The van der Waals surface area contributed by atoms with Gasteiger partial charge in [0.2, 0.25) is 0 Å². The molecule has 94 valence electrons. The SMILES string of the molecule is C#Cc1c(C)cccc1C(=O)N1CCC(F)(F)C1. The molecule has 0 saturated carbocycles. The van der Waals surface area contributed by atoms with Gasteiger partial charge in [-0.3, -0.25) is 4.79 Å². The molecule has 0 atom stereocenters. The van der Waals surface area contributed by atoms with Crippen molar-refractivity contribution in [1.29, 1.82) is 0 Å². The zero-order valence-electron chi connectivity index (χ0n) is 10.0. The summed E-state index contributed by atoms with van der Waals surface area (Å²) in [6, 6.07) is 5.09. The van der Waals surface area contributed by atoms with Crippen molar-refractivity contribution in [2.24, 2.45) is 0 Å². The number of rotatable bonds is 1. The van der Waals surface area contributed by atoms with Gasteiger partial charge in [-0.1, -0.05) is 18.1 Å². The molecule has 0 N–H and O–H groups in total. The number of benzene rings is 1. The fourth-order valence-corrected chi connectivity index (χ4v) is 2.12. The molecule has 1 amide bonds. The van der Waals surface area contributed by atoms with Crippen LogP contribution in [0.15, 0.2) is 18.2 Å². The Balaban J connectivity index is 2.31. The van der Waals surface area contributed by atoms with E-state index in [0.717, 1.165) is 10.5 Å². The topological polar surface area (TPSA) is 20.3 Å². The number of amides is 1. The van der Waals surface area contributed by atoms with E-state index >= 15 is 0 Å². The molecule has 1 aromatic carbocycles. The highest BCUT2D eigenvalue weighted by Gasteiger charge is 2.40. The summed E-state index contributed by atoms with van der Waals surface area (Å²) in [5.74, 6) is -0.741. The average Bonchev–Trinajstić information content (AvgIpc) is 2.68. The fourth-order valence-electron chi connectivity index (χ4n) is 2.12. The van der Waals surface area contributed by atoms with Gasteiger partial charge in [0.15, 0.2) is 0 Å². The van der Waals surface area contributed by atoms with Crippen LogP contribution in [0.5, 0.6) is 0 Å². The van der Waals surface area contributed by atoms with Crippen molar-refractivity contribution in [3.8, 4) is 12.3 Å². The normalized spacial score (nSPS) is 17.6. The standard InChI is InChI=1S/C14H13F2NO/c1-3-11-10(2)5-4-6-12(11)13(18)17-8-7-14(15,16)9-17/h1,4-6H,7-9H2,2H3. The van der Waals surface area contributed by atoms with Crippen molar-refractivity contribution in [3.05, 3.63) is 34.9 Å². The highest BCUT2D eigenvalue weighted by molar-refractivity contribution is 5.97. The molecule has 1 fully saturated rings. The molecule has 0 bridgehead atoms. The third-order valence-corrected chi connectivity index (χ3v) is 3.10. The summed E-state index contributed by atoms with van der Waals surface area (Å²) in [5, 5.41) is 0. The van der Waals surface area contributed by atoms with Crippen LogP contribution < -0.4 is 0 Å². The summed E-state index contributed by atoms with van der Waals surface area (Å²) in [6.07, 6.45) is 5.09. The van der Waals surface area contributed by atoms with Crippen molar-refractivity contribution in [3.63, 3.8) is 0 Å². The molecule has 0 spiro atoms. The van der Waals surface area contributed by atoms with E-state index in [1.165, 1.54) is 0 Å². The lowest BCUT2D eigenvalue weighted by atomic mass is 10.0. The van der Waals surface area contributed by atoms with Crippen molar-refractivity contribution in [2.45, 2.75) is 19.3 Å². The molecule has 0 radical (unpaired) electrons. The van der Waals surface area contributed by atoms with Gasteiger partial charge < -0.3 is 4.90 Å². The number of hydrogen-bond donors (Lipinski definition) is 0. The van der Waals surface area contributed by atoms with Crippen molar-refractivity contribution in [2.75, 3.05) is 13.1 Å². The predicted octanol–water partition coefficient (Wildman–Crippen LogP) is 2.46. The van der Waals surface area contributed by atoms with E-state index in [4.69, 9.17) is 6.42 Å². The molecule has 1 saturated heterocycles. The summed E-state index contributed by atoms with van der Waals surface area (Å²) >= 11 is 0. The Morgan fingerprint density at radius 3 is 2.78 bits per heavy atom. The first-order valence-electron chi connectivity index (χ1n) is 5.68. The molecule has 0 unspecified atom stereocenters. The van der Waals surface area contributed by atoms with E-state index in [1.54, 1.807) is 25.1 Å². The molecule has 2 nitrogen and oxygen atoms in total. The lowest BCUT2D eigenvalue weighted by Gasteiger charge is -2.17. The number of terminal acetylenes is 1. The zero-order valence-corrected chi connectivity index (χ0v) is 10.0. The maximum atomic E-state index is 13.1. The van der Waals surface area contributed by atoms with Crippen LogP contribution in [0.2, 0.25) is 0 Å². The molecule has 1 heterocycles. The van der Waals surface area contributed by atoms with Crippen LogP contribution in [0.4, 0.5) is 8.78 Å². The first-order chi connectivity index (χ1) is 8.44. The minimum Gasteiger partial charge on any atom is -0.332 e. The number of nitrogens with zero attached hydrogens (tertiary/aromatic N) is 1. The summed E-state index contributed by atoms with van der Waals surface area (Å²) in [6.45, 7) is 1.35. The fraction of sp³-hybridized carbons (Fsp3) is 0.357. The molecule has 1 aliphatic heterocycles. The Bertz CT molecular complexity index is 531. The molecule has 2 rings (SSSR count). The molecule has 0 aromatic heterocycles. The third kappa shape index (κ3) is 2.21. The maximum absolute atomic E-state index is 13.1. The summed E-state index contributed by atoms with van der Waals surface area (Å²) in [7, 11) is 0. The number of alkyl halides is 2. The van der Waals surface area contributed by atoms with Gasteiger partial charge in [-0.15, -0.1) is 6.42 Å². The Labute approximate surface area is 105 Å². The second-order valence-electron chi connectivity index (χ2n) is 4.47. The van der Waals surface area contributed by atoms with E-state index in [1.807, 2.05) is 0 Å². The van der Waals surface area contributed by atoms with Crippen LogP contribution in [-0.4, -0.2) is 29.8 Å². The second-order valence-corrected chi connectivity index (χ2v) is 4.47. The van der Waals surface area contributed by atoms with Gasteiger partial charge >= 0.3 is 0 Å². The number of halogens is 2. The van der Waals surface area contributed by atoms with Gasteiger partial charge in [-0.05, 0) is 18.6 Å². The highest BCUT2D eigenvalue weighted by Crippen LogP contribution is 2.28. The van der Waals surface area contributed by atoms with Crippen LogP contribution in [0.1, 0.15) is 27.9 Å². The van der Waals surface area contributed by atoms with Gasteiger partial charge in [-0.2, -0.15) is 0 Å². The predicted molar refractivity (Wildman–Crippen MR) is 64.6 cm³/mol. The number of carbonyl (C=O) groups is 1. The summed E-state index contributed by atoms with van der Waals surface area (Å²) < 4.78 is 26.2. The van der Waals surface area contributed by atoms with E-state index in [0.29, 0.717) is 11.1 Å². The minimum absolute atomic E-state index is 0.0732. The van der Waals surface area contributed by atoms with Crippen molar-refractivity contribution < 1.29 is 13.6 Å². The van der Waals surface area contributed by atoms with Crippen LogP contribution in [-0.2, 0) is 0 Å². The molecular formula is C14H13F2NO. The second kappa shape index (κ2) is 4.41. The lowest BCUT2D eigenvalue weighted by Crippen LogP contribution is -2.32. The molecule has 1 aliphatic rings. The highest BCUT2D eigenvalue weighted by atomic mass is 19.3. The van der Waals surface area contributed by atoms with Gasteiger partial charge in [0.1, 0.15) is 0 Å². The first-order valence-corrected chi connectivity index (χ1v) is 5.68. The Kier molecular flexibility index (Phi) is 3.08. The Morgan fingerprint density at radius 2 is 2.22 bits per heavy atom. The van der Waals surface area contributed by atoms with Crippen LogP contribution in [0.3, 0.4) is 0 Å². The van der Waals surface area contributed by atoms with Crippen LogP contribution in [0, 0.1) is 19.3 Å². The smallest absolute Gasteiger partial charge is 0.267 e. The minimum atomic E-state index is -2.78. The van der Waals surface area contributed by atoms with Gasteiger partial charge in [0.25, 0.3) is 11.8 Å².